The molecule has 0 aromatic heterocycles. The highest BCUT2D eigenvalue weighted by molar-refractivity contribution is 7.98. The summed E-state index contributed by atoms with van der Waals surface area (Å²) in [4.78, 5) is 24.9. The zero-order chi connectivity index (χ0) is 15.4. The highest BCUT2D eigenvalue weighted by atomic mass is 32.2. The van der Waals surface area contributed by atoms with Crippen molar-refractivity contribution in [2.24, 2.45) is 5.92 Å². The van der Waals surface area contributed by atoms with Crippen LogP contribution >= 0.6 is 11.8 Å². The first kappa shape index (κ1) is 15.7. The molecule has 114 valence electrons. The van der Waals surface area contributed by atoms with Crippen molar-refractivity contribution in [3.05, 3.63) is 29.3 Å². The largest absolute Gasteiger partial charge is 0.478 e. The van der Waals surface area contributed by atoms with E-state index < -0.39 is 5.97 Å². The highest BCUT2D eigenvalue weighted by Gasteiger charge is 2.25. The van der Waals surface area contributed by atoms with Gasteiger partial charge in [0.05, 0.1) is 5.56 Å². The third kappa shape index (κ3) is 3.69. The van der Waals surface area contributed by atoms with Gasteiger partial charge in [0.15, 0.2) is 0 Å². The number of benzene rings is 1. The molecule has 1 aromatic rings. The van der Waals surface area contributed by atoms with Gasteiger partial charge >= 0.3 is 12.0 Å². The zero-order valence-electron chi connectivity index (χ0n) is 12.3. The van der Waals surface area contributed by atoms with Gasteiger partial charge in [0.1, 0.15) is 0 Å². The summed E-state index contributed by atoms with van der Waals surface area (Å²) in [5.41, 5.74) is 2.00. The van der Waals surface area contributed by atoms with Crippen molar-refractivity contribution in [2.75, 3.05) is 30.0 Å². The van der Waals surface area contributed by atoms with E-state index in [0.29, 0.717) is 25.4 Å². The average Bonchev–Trinajstić information content (AvgIpc) is 2.88. The lowest BCUT2D eigenvalue weighted by Crippen LogP contribution is -2.41. The van der Waals surface area contributed by atoms with Gasteiger partial charge in [-0.05, 0) is 48.1 Å². The molecule has 0 spiro atoms. The van der Waals surface area contributed by atoms with Gasteiger partial charge in [-0.2, -0.15) is 11.8 Å². The van der Waals surface area contributed by atoms with Gasteiger partial charge in [-0.25, -0.2) is 9.59 Å². The first-order valence-corrected chi connectivity index (χ1v) is 8.33. The zero-order valence-corrected chi connectivity index (χ0v) is 13.1. The summed E-state index contributed by atoms with van der Waals surface area (Å²) in [5, 5.41) is 11.9. The fourth-order valence-corrected chi connectivity index (χ4v) is 3.13. The van der Waals surface area contributed by atoms with E-state index in [2.05, 4.69) is 18.5 Å². The summed E-state index contributed by atoms with van der Waals surface area (Å²) in [6.45, 7) is 3.35. The normalized spacial score (nSPS) is 14.7. The number of urea groups is 1. The molecule has 1 heterocycles. The second kappa shape index (κ2) is 6.85. The summed E-state index contributed by atoms with van der Waals surface area (Å²) in [5.74, 6) is 0.505. The quantitative estimate of drug-likeness (QED) is 0.876. The lowest BCUT2D eigenvalue weighted by atomic mass is 10.1. The molecule has 0 radical (unpaired) electrons. The van der Waals surface area contributed by atoms with Crippen LogP contribution in [0, 0.1) is 5.92 Å². The van der Waals surface area contributed by atoms with Gasteiger partial charge in [0, 0.05) is 18.8 Å². The minimum absolute atomic E-state index is 0.107. The Morgan fingerprint density at radius 2 is 2.24 bits per heavy atom. The lowest BCUT2D eigenvalue weighted by Gasteiger charge is -2.19. The number of amides is 2. The van der Waals surface area contributed by atoms with Crippen LogP contribution in [0.25, 0.3) is 0 Å². The maximum absolute atomic E-state index is 12.2. The Hall–Kier alpha value is -1.69. The van der Waals surface area contributed by atoms with Crippen LogP contribution in [0.4, 0.5) is 10.5 Å². The van der Waals surface area contributed by atoms with Crippen molar-refractivity contribution in [1.29, 1.82) is 0 Å². The molecule has 2 N–H and O–H groups in total. The maximum Gasteiger partial charge on any atom is 0.335 e. The smallest absolute Gasteiger partial charge is 0.335 e. The van der Waals surface area contributed by atoms with Crippen LogP contribution in [0.2, 0.25) is 0 Å². The number of aromatic carboxylic acids is 1. The Morgan fingerprint density at radius 3 is 2.90 bits per heavy atom. The molecule has 0 saturated carbocycles. The lowest BCUT2D eigenvalue weighted by molar-refractivity contribution is 0.0697. The number of carboxylic acid groups (broad SMARTS) is 1. The van der Waals surface area contributed by atoms with Crippen LogP contribution in [0.15, 0.2) is 18.2 Å². The molecule has 1 atom stereocenters. The molecule has 0 aliphatic carbocycles. The number of hydrogen-bond donors (Lipinski definition) is 2. The van der Waals surface area contributed by atoms with E-state index in [1.54, 1.807) is 34.9 Å². The van der Waals surface area contributed by atoms with Gasteiger partial charge in [-0.15, -0.1) is 0 Å². The van der Waals surface area contributed by atoms with Crippen molar-refractivity contribution in [3.8, 4) is 0 Å². The Balaban J connectivity index is 2.01. The predicted octanol–water partition coefficient (Wildman–Crippen LogP) is 2.46. The maximum atomic E-state index is 12.2. The van der Waals surface area contributed by atoms with E-state index in [1.165, 1.54) is 0 Å². The molecular weight excluding hydrogens is 288 g/mol. The minimum atomic E-state index is -0.938. The second-order valence-electron chi connectivity index (χ2n) is 5.30. The summed E-state index contributed by atoms with van der Waals surface area (Å²) >= 11 is 1.77. The fourth-order valence-electron chi connectivity index (χ4n) is 2.45. The number of anilines is 1. The molecule has 21 heavy (non-hydrogen) atoms. The second-order valence-corrected chi connectivity index (χ2v) is 6.21. The number of nitrogens with zero attached hydrogens (tertiary/aromatic N) is 1. The van der Waals surface area contributed by atoms with E-state index >= 15 is 0 Å². The molecule has 0 fully saturated rings. The van der Waals surface area contributed by atoms with Crippen molar-refractivity contribution < 1.29 is 14.7 Å². The molecule has 0 saturated heterocycles. The Kier molecular flexibility index (Phi) is 5.12. The van der Waals surface area contributed by atoms with Crippen LogP contribution in [-0.2, 0) is 6.42 Å². The van der Waals surface area contributed by atoms with E-state index in [1.807, 2.05) is 0 Å². The number of rotatable bonds is 5. The van der Waals surface area contributed by atoms with Gasteiger partial charge in [-0.1, -0.05) is 6.92 Å². The van der Waals surface area contributed by atoms with E-state index in [-0.39, 0.29) is 11.6 Å². The molecule has 2 amide bonds. The number of carbonyl (C=O) groups excluding carboxylic acids is 1. The number of thioether (sulfide) groups is 1. The molecular formula is C15H20N2O3S. The average molecular weight is 308 g/mol. The molecule has 1 aliphatic rings. The molecule has 5 nitrogen and oxygen atoms in total. The van der Waals surface area contributed by atoms with Crippen molar-refractivity contribution in [2.45, 2.75) is 13.3 Å². The van der Waals surface area contributed by atoms with Crippen LogP contribution in [0.5, 0.6) is 0 Å². The Labute approximate surface area is 128 Å². The van der Waals surface area contributed by atoms with Crippen LogP contribution in [0.1, 0.15) is 22.8 Å². The van der Waals surface area contributed by atoms with Crippen molar-refractivity contribution >= 4 is 29.4 Å². The standard InChI is InChI=1S/C15H20N2O3S/c1-10(9-21-2)8-16-15(20)17-6-5-11-7-12(14(18)19)3-4-13(11)17/h3-4,7,10H,5-6,8-9H2,1-2H3,(H,16,20)(H,18,19). The predicted molar refractivity (Wildman–Crippen MR) is 85.4 cm³/mol. The highest BCUT2D eigenvalue weighted by Crippen LogP contribution is 2.28. The van der Waals surface area contributed by atoms with Gasteiger partial charge < -0.3 is 10.4 Å². The van der Waals surface area contributed by atoms with Crippen LogP contribution < -0.4 is 10.2 Å². The van der Waals surface area contributed by atoms with Crippen LogP contribution in [0.3, 0.4) is 0 Å². The van der Waals surface area contributed by atoms with E-state index in [9.17, 15) is 9.59 Å². The van der Waals surface area contributed by atoms with Crippen molar-refractivity contribution in [3.63, 3.8) is 0 Å². The summed E-state index contributed by atoms with van der Waals surface area (Å²) in [6.07, 6.45) is 2.75. The number of carboxylic acids is 1. The third-order valence-electron chi connectivity index (χ3n) is 3.52. The first-order valence-electron chi connectivity index (χ1n) is 6.93. The molecule has 1 aliphatic heterocycles. The fraction of sp³-hybridized carbons (Fsp3) is 0.467. The van der Waals surface area contributed by atoms with Gasteiger partial charge in [-0.3, -0.25) is 4.90 Å². The van der Waals surface area contributed by atoms with E-state index in [0.717, 1.165) is 17.0 Å². The molecule has 0 bridgehead atoms. The topological polar surface area (TPSA) is 69.6 Å². The Morgan fingerprint density at radius 1 is 1.48 bits per heavy atom. The molecule has 1 unspecified atom stereocenters. The van der Waals surface area contributed by atoms with Gasteiger partial charge in [0.25, 0.3) is 0 Å². The number of carbonyl (C=O) groups is 2. The van der Waals surface area contributed by atoms with Crippen molar-refractivity contribution in [1.82, 2.24) is 5.32 Å². The van der Waals surface area contributed by atoms with Gasteiger partial charge in [0.2, 0.25) is 0 Å². The minimum Gasteiger partial charge on any atom is -0.478 e. The summed E-state index contributed by atoms with van der Waals surface area (Å²) in [6, 6.07) is 4.81. The monoisotopic (exact) mass is 308 g/mol. The molecule has 6 heteroatoms. The first-order chi connectivity index (χ1) is 10.0. The molecule has 2 rings (SSSR count). The van der Waals surface area contributed by atoms with Crippen LogP contribution in [-0.4, -0.2) is 42.2 Å². The number of hydrogen-bond acceptors (Lipinski definition) is 3. The number of fused-ring (bicyclic) bond motifs is 1. The summed E-state index contributed by atoms with van der Waals surface area (Å²) < 4.78 is 0. The SMILES string of the molecule is CSCC(C)CNC(=O)N1CCc2cc(C(=O)O)ccc21. The summed E-state index contributed by atoms with van der Waals surface area (Å²) in [7, 11) is 0. The van der Waals surface area contributed by atoms with E-state index in [4.69, 9.17) is 5.11 Å². The number of nitrogens with one attached hydrogen (secondary N) is 1. The molecule has 1 aromatic carbocycles. The third-order valence-corrected chi connectivity index (χ3v) is 4.42. The Bertz CT molecular complexity index is 548.